The van der Waals surface area contributed by atoms with Crippen molar-refractivity contribution < 1.29 is 0 Å². The molecule has 2 nitrogen and oxygen atoms in total. The van der Waals surface area contributed by atoms with Crippen molar-refractivity contribution in [3.63, 3.8) is 0 Å². The highest BCUT2D eigenvalue weighted by Crippen LogP contribution is 2.08. The summed E-state index contributed by atoms with van der Waals surface area (Å²) in [5.41, 5.74) is 0. The van der Waals surface area contributed by atoms with Gasteiger partial charge in [0.25, 0.3) is 0 Å². The van der Waals surface area contributed by atoms with Gasteiger partial charge in [-0.3, -0.25) is 4.99 Å². The molecular weight excluding hydrogens is 100 g/mol. The quantitative estimate of drug-likeness (QED) is 0.487. The second-order valence-electron chi connectivity index (χ2n) is 1.96. The number of aliphatic imine (C=N–C) groups is 1. The standard InChI is InChI=1S/C6H10N2/c1-3-6-4-8(2)5-7-6/h4,6H,3H2,1-2H3. The summed E-state index contributed by atoms with van der Waals surface area (Å²) in [5.74, 6) is 0. The van der Waals surface area contributed by atoms with E-state index >= 15 is 0 Å². The summed E-state index contributed by atoms with van der Waals surface area (Å²) in [4.78, 5) is 5.92. The van der Waals surface area contributed by atoms with Gasteiger partial charge in [0.05, 0.1) is 12.6 Å². The lowest BCUT2D eigenvalue weighted by Crippen LogP contribution is -2.10. The molecule has 0 amide bonds. The third-order valence-corrected chi connectivity index (χ3v) is 1.20. The maximum Gasteiger partial charge on any atom is 0.167 e. The summed E-state index contributed by atoms with van der Waals surface area (Å²) in [6, 6.07) is 0.389. The van der Waals surface area contributed by atoms with E-state index in [0.717, 1.165) is 6.42 Å². The minimum atomic E-state index is 0.389. The normalized spacial score (nSPS) is 27.2. The van der Waals surface area contributed by atoms with Crippen LogP contribution in [0, 0.1) is 6.54 Å². The summed E-state index contributed by atoms with van der Waals surface area (Å²) in [7, 11) is 1.94. The van der Waals surface area contributed by atoms with Gasteiger partial charge in [-0.15, -0.1) is 0 Å². The molecule has 0 aliphatic carbocycles. The zero-order valence-electron chi connectivity index (χ0n) is 5.26. The van der Waals surface area contributed by atoms with Crippen LogP contribution >= 0.6 is 0 Å². The first-order chi connectivity index (χ1) is 3.83. The molecule has 1 atom stereocenters. The van der Waals surface area contributed by atoms with Crippen molar-refractivity contribution in [3.8, 4) is 0 Å². The summed E-state index contributed by atoms with van der Waals surface area (Å²) in [6.45, 7) is 4.17. The summed E-state index contributed by atoms with van der Waals surface area (Å²) in [5, 5.41) is 0. The van der Waals surface area contributed by atoms with E-state index < -0.39 is 0 Å². The van der Waals surface area contributed by atoms with Crippen molar-refractivity contribution >= 4 is 6.34 Å². The van der Waals surface area contributed by atoms with Crippen LogP contribution in [0.2, 0.25) is 0 Å². The molecule has 1 rings (SSSR count). The molecule has 8 heavy (non-hydrogen) atoms. The topological polar surface area (TPSA) is 15.6 Å². The highest BCUT2D eigenvalue weighted by molar-refractivity contribution is 5.59. The zero-order valence-corrected chi connectivity index (χ0v) is 5.26. The SMILES string of the molecule is CCC1[CH]N(C)[C]=N1. The first kappa shape index (κ1) is 5.60. The Balaban J connectivity index is 2.34. The fourth-order valence-electron chi connectivity index (χ4n) is 0.687. The van der Waals surface area contributed by atoms with Gasteiger partial charge in [0, 0.05) is 7.05 Å². The molecule has 2 radical (unpaired) electrons. The third kappa shape index (κ3) is 0.997. The smallest absolute Gasteiger partial charge is 0.167 e. The molecule has 0 aromatic carbocycles. The Morgan fingerprint density at radius 3 is 2.88 bits per heavy atom. The van der Waals surface area contributed by atoms with Gasteiger partial charge in [0.2, 0.25) is 0 Å². The van der Waals surface area contributed by atoms with Crippen molar-refractivity contribution in [3.05, 3.63) is 6.54 Å². The molecule has 0 fully saturated rings. The molecule has 0 saturated carbocycles. The van der Waals surface area contributed by atoms with E-state index in [1.165, 1.54) is 0 Å². The third-order valence-electron chi connectivity index (χ3n) is 1.20. The molecule has 0 N–H and O–H groups in total. The molecule has 2 heteroatoms. The van der Waals surface area contributed by atoms with E-state index in [4.69, 9.17) is 0 Å². The summed E-state index contributed by atoms with van der Waals surface area (Å²) in [6.07, 6.45) is 3.90. The molecule has 1 aliphatic rings. The minimum absolute atomic E-state index is 0.389. The first-order valence-corrected chi connectivity index (χ1v) is 2.86. The van der Waals surface area contributed by atoms with Crippen LogP contribution in [-0.4, -0.2) is 24.3 Å². The van der Waals surface area contributed by atoms with Crippen molar-refractivity contribution in [2.24, 2.45) is 4.99 Å². The van der Waals surface area contributed by atoms with Gasteiger partial charge >= 0.3 is 0 Å². The van der Waals surface area contributed by atoms with Gasteiger partial charge in [0.1, 0.15) is 0 Å². The highest BCUT2D eigenvalue weighted by Gasteiger charge is 2.12. The van der Waals surface area contributed by atoms with Gasteiger partial charge in [-0.25, -0.2) is 0 Å². The molecule has 1 aliphatic heterocycles. The van der Waals surface area contributed by atoms with Crippen LogP contribution in [0.5, 0.6) is 0 Å². The lowest BCUT2D eigenvalue weighted by molar-refractivity contribution is 0.589. The zero-order chi connectivity index (χ0) is 5.98. The van der Waals surface area contributed by atoms with Crippen molar-refractivity contribution in [2.45, 2.75) is 19.4 Å². The van der Waals surface area contributed by atoms with E-state index in [1.807, 2.05) is 11.9 Å². The molecule has 0 aromatic heterocycles. The fourth-order valence-corrected chi connectivity index (χ4v) is 0.687. The number of rotatable bonds is 1. The van der Waals surface area contributed by atoms with Crippen LogP contribution in [0.4, 0.5) is 0 Å². The van der Waals surface area contributed by atoms with E-state index in [0.29, 0.717) is 6.04 Å². The van der Waals surface area contributed by atoms with Gasteiger partial charge in [-0.1, -0.05) is 6.92 Å². The lowest BCUT2D eigenvalue weighted by atomic mass is 10.2. The summed E-state index contributed by atoms with van der Waals surface area (Å²) < 4.78 is 0. The molecule has 1 heterocycles. The van der Waals surface area contributed by atoms with Gasteiger partial charge in [0.15, 0.2) is 6.34 Å². The number of hydrogen-bond donors (Lipinski definition) is 0. The molecule has 44 valence electrons. The molecule has 0 aromatic rings. The predicted octanol–water partition coefficient (Wildman–Crippen LogP) is 0.777. The molecular formula is C6H10N2. The Hall–Kier alpha value is -0.530. The van der Waals surface area contributed by atoms with E-state index in [2.05, 4.69) is 24.8 Å². The lowest BCUT2D eigenvalue weighted by Gasteiger charge is -2.04. The van der Waals surface area contributed by atoms with Crippen molar-refractivity contribution in [1.29, 1.82) is 0 Å². The average Bonchev–Trinajstić information content (AvgIpc) is 2.14. The van der Waals surface area contributed by atoms with Gasteiger partial charge in [-0.2, -0.15) is 0 Å². The Morgan fingerprint density at radius 1 is 1.88 bits per heavy atom. The highest BCUT2D eigenvalue weighted by atomic mass is 15.2. The molecule has 0 saturated heterocycles. The van der Waals surface area contributed by atoms with Crippen molar-refractivity contribution in [2.75, 3.05) is 7.05 Å². The minimum Gasteiger partial charge on any atom is -0.350 e. The molecule has 0 bridgehead atoms. The van der Waals surface area contributed by atoms with E-state index in [1.54, 1.807) is 0 Å². The first-order valence-electron chi connectivity index (χ1n) is 2.86. The Labute approximate surface area is 50.2 Å². The number of likely N-dealkylation sites (N-methyl/N-ethyl adjacent to an activating group) is 1. The van der Waals surface area contributed by atoms with Crippen LogP contribution in [0.15, 0.2) is 4.99 Å². The van der Waals surface area contributed by atoms with Crippen LogP contribution in [0.25, 0.3) is 0 Å². The number of nitrogens with zero attached hydrogens (tertiary/aromatic N) is 2. The maximum absolute atomic E-state index is 4.06. The molecule has 0 spiro atoms. The van der Waals surface area contributed by atoms with Crippen LogP contribution in [0.1, 0.15) is 13.3 Å². The number of hydrogen-bond acceptors (Lipinski definition) is 2. The van der Waals surface area contributed by atoms with Gasteiger partial charge in [-0.05, 0) is 6.42 Å². The Bertz CT molecular complexity index is 98.7. The van der Waals surface area contributed by atoms with Crippen LogP contribution in [-0.2, 0) is 0 Å². The average molecular weight is 110 g/mol. The van der Waals surface area contributed by atoms with Crippen molar-refractivity contribution in [1.82, 2.24) is 4.90 Å². The second kappa shape index (κ2) is 2.16. The summed E-state index contributed by atoms with van der Waals surface area (Å²) >= 11 is 0. The maximum atomic E-state index is 4.06. The van der Waals surface area contributed by atoms with Crippen LogP contribution in [0.3, 0.4) is 0 Å². The molecule has 1 unspecified atom stereocenters. The van der Waals surface area contributed by atoms with Crippen LogP contribution < -0.4 is 0 Å². The Kier molecular flexibility index (Phi) is 1.51. The monoisotopic (exact) mass is 110 g/mol. The largest absolute Gasteiger partial charge is 0.350 e. The second-order valence-corrected chi connectivity index (χ2v) is 1.96. The van der Waals surface area contributed by atoms with Gasteiger partial charge < -0.3 is 4.90 Å². The van der Waals surface area contributed by atoms with E-state index in [-0.39, 0.29) is 0 Å². The fraction of sp³-hybridized carbons (Fsp3) is 0.667. The predicted molar refractivity (Wildman–Crippen MR) is 33.6 cm³/mol. The Morgan fingerprint density at radius 2 is 2.62 bits per heavy atom. The van der Waals surface area contributed by atoms with E-state index in [9.17, 15) is 0 Å².